The number of carbonyl (C=O) groups is 1. The number of aromatic hydroxyl groups is 1. The number of piperidine rings is 1. The molecule has 0 aliphatic carbocycles. The van der Waals surface area contributed by atoms with E-state index in [2.05, 4.69) is 0 Å². The summed E-state index contributed by atoms with van der Waals surface area (Å²) in [6, 6.07) is 10.6. The Morgan fingerprint density at radius 3 is 2.54 bits per heavy atom. The molecule has 0 saturated carbocycles. The number of hydrogen-bond acceptors (Lipinski definition) is 4. The van der Waals surface area contributed by atoms with Gasteiger partial charge in [0, 0.05) is 18.5 Å². The molecule has 150 valence electrons. The first-order valence-electron chi connectivity index (χ1n) is 9.11. The van der Waals surface area contributed by atoms with Crippen LogP contribution in [0.15, 0.2) is 42.5 Å². The van der Waals surface area contributed by atoms with E-state index in [-0.39, 0.29) is 42.1 Å². The molecule has 1 saturated heterocycles. The second-order valence-electron chi connectivity index (χ2n) is 7.41. The van der Waals surface area contributed by atoms with Gasteiger partial charge in [-0.2, -0.15) is 0 Å². The molecule has 28 heavy (non-hydrogen) atoms. The van der Waals surface area contributed by atoms with Gasteiger partial charge in [0.25, 0.3) is 0 Å². The number of carbonyl (C=O) groups excluding carboxylic acids is 1. The van der Waals surface area contributed by atoms with E-state index in [9.17, 15) is 24.5 Å². The van der Waals surface area contributed by atoms with Gasteiger partial charge in [0.05, 0.1) is 24.2 Å². The molecule has 1 aliphatic heterocycles. The number of benzene rings is 2. The molecular formula is C21H23ClFNO4. The van der Waals surface area contributed by atoms with Gasteiger partial charge in [-0.15, -0.1) is 0 Å². The van der Waals surface area contributed by atoms with Crippen LogP contribution in [0.2, 0.25) is 5.02 Å². The molecule has 0 unspecified atom stereocenters. The fourth-order valence-corrected chi connectivity index (χ4v) is 3.91. The smallest absolute Gasteiger partial charge is 0.227 e. The van der Waals surface area contributed by atoms with Crippen molar-refractivity contribution in [3.63, 3.8) is 0 Å². The monoisotopic (exact) mass is 407 g/mol. The number of aliphatic hydroxyl groups is 2. The van der Waals surface area contributed by atoms with Crippen LogP contribution in [0.5, 0.6) is 5.75 Å². The van der Waals surface area contributed by atoms with E-state index in [0.29, 0.717) is 24.9 Å². The Balaban J connectivity index is 1.74. The van der Waals surface area contributed by atoms with Crippen molar-refractivity contribution >= 4 is 17.5 Å². The summed E-state index contributed by atoms with van der Waals surface area (Å²) in [7, 11) is 0. The predicted molar refractivity (Wildman–Crippen MR) is 104 cm³/mol. The highest BCUT2D eigenvalue weighted by atomic mass is 35.5. The summed E-state index contributed by atoms with van der Waals surface area (Å²) in [5.74, 6) is -0.543. The molecule has 1 amide bonds. The standard InChI is InChI=1S/C21H23ClFNO4/c22-17-9-15(3-6-18(17)26)10-20(28)24-8-7-19(27)21(12-24,13-25)11-14-1-4-16(23)5-2-14/h1-6,9,19,25-27H,7-8,10-13H2/t19-,21-/m0/s1. The highest BCUT2D eigenvalue weighted by Gasteiger charge is 2.43. The van der Waals surface area contributed by atoms with Crippen molar-refractivity contribution in [1.29, 1.82) is 0 Å². The molecular weight excluding hydrogens is 385 g/mol. The number of likely N-dealkylation sites (tertiary alicyclic amines) is 1. The minimum atomic E-state index is -0.904. The van der Waals surface area contributed by atoms with Crippen LogP contribution in [-0.2, 0) is 17.6 Å². The van der Waals surface area contributed by atoms with Crippen molar-refractivity contribution < 1.29 is 24.5 Å². The first-order chi connectivity index (χ1) is 13.3. The third-order valence-corrected chi connectivity index (χ3v) is 5.69. The Morgan fingerprint density at radius 2 is 1.89 bits per heavy atom. The van der Waals surface area contributed by atoms with Crippen LogP contribution in [0.3, 0.4) is 0 Å². The second-order valence-corrected chi connectivity index (χ2v) is 7.81. The Labute approximate surface area is 168 Å². The second kappa shape index (κ2) is 8.47. The zero-order chi connectivity index (χ0) is 20.3. The number of rotatable bonds is 5. The van der Waals surface area contributed by atoms with E-state index in [1.54, 1.807) is 29.2 Å². The SMILES string of the molecule is O=C(Cc1ccc(O)c(Cl)c1)N1CC[C@H](O)[C@@](CO)(Cc2ccc(F)cc2)C1. The van der Waals surface area contributed by atoms with Crippen LogP contribution in [0.4, 0.5) is 4.39 Å². The summed E-state index contributed by atoms with van der Waals surface area (Å²) in [5, 5.41) is 30.3. The largest absolute Gasteiger partial charge is 0.506 e. The summed E-state index contributed by atoms with van der Waals surface area (Å²) in [5.41, 5.74) is 0.555. The van der Waals surface area contributed by atoms with E-state index in [1.807, 2.05) is 0 Å². The van der Waals surface area contributed by atoms with Crippen LogP contribution in [0.1, 0.15) is 17.5 Å². The van der Waals surface area contributed by atoms with E-state index in [4.69, 9.17) is 11.6 Å². The minimum Gasteiger partial charge on any atom is -0.506 e. The van der Waals surface area contributed by atoms with Gasteiger partial charge in [-0.05, 0) is 48.2 Å². The lowest BCUT2D eigenvalue weighted by molar-refractivity contribution is -0.141. The average Bonchev–Trinajstić information content (AvgIpc) is 2.68. The van der Waals surface area contributed by atoms with Gasteiger partial charge in [-0.3, -0.25) is 4.79 Å². The Kier molecular flexibility index (Phi) is 6.23. The van der Waals surface area contributed by atoms with Gasteiger partial charge in [0.15, 0.2) is 0 Å². The van der Waals surface area contributed by atoms with Crippen LogP contribution >= 0.6 is 11.6 Å². The summed E-state index contributed by atoms with van der Waals surface area (Å²) >= 11 is 5.90. The summed E-state index contributed by atoms with van der Waals surface area (Å²) in [6.45, 7) is 0.296. The summed E-state index contributed by atoms with van der Waals surface area (Å²) in [4.78, 5) is 14.4. The van der Waals surface area contributed by atoms with E-state index in [1.165, 1.54) is 18.2 Å². The molecule has 2 aromatic rings. The van der Waals surface area contributed by atoms with Crippen molar-refractivity contribution in [1.82, 2.24) is 4.90 Å². The third kappa shape index (κ3) is 4.46. The molecule has 0 spiro atoms. The lowest BCUT2D eigenvalue weighted by atomic mass is 9.73. The summed E-state index contributed by atoms with van der Waals surface area (Å²) in [6.07, 6.45) is 0.0207. The van der Waals surface area contributed by atoms with Crippen LogP contribution < -0.4 is 0 Å². The zero-order valence-electron chi connectivity index (χ0n) is 15.3. The fraction of sp³-hybridized carbons (Fsp3) is 0.381. The quantitative estimate of drug-likeness (QED) is 0.711. The lowest BCUT2D eigenvalue weighted by Crippen LogP contribution is -2.56. The number of halogens is 2. The molecule has 5 nitrogen and oxygen atoms in total. The van der Waals surface area contributed by atoms with Gasteiger partial charge in [0.2, 0.25) is 5.91 Å². The Bertz CT molecular complexity index is 845. The van der Waals surface area contributed by atoms with Crippen LogP contribution in [-0.4, -0.2) is 51.9 Å². The number of amides is 1. The van der Waals surface area contributed by atoms with Crippen molar-refractivity contribution in [2.75, 3.05) is 19.7 Å². The average molecular weight is 408 g/mol. The highest BCUT2D eigenvalue weighted by Crippen LogP contribution is 2.34. The Hall–Kier alpha value is -2.15. The zero-order valence-corrected chi connectivity index (χ0v) is 16.1. The van der Waals surface area contributed by atoms with Crippen molar-refractivity contribution in [3.05, 3.63) is 64.4 Å². The van der Waals surface area contributed by atoms with E-state index >= 15 is 0 Å². The maximum Gasteiger partial charge on any atom is 0.227 e. The molecule has 3 rings (SSSR count). The van der Waals surface area contributed by atoms with Gasteiger partial charge < -0.3 is 20.2 Å². The van der Waals surface area contributed by atoms with E-state index in [0.717, 1.165) is 5.56 Å². The molecule has 3 N–H and O–H groups in total. The number of aliphatic hydroxyl groups excluding tert-OH is 2. The molecule has 7 heteroatoms. The van der Waals surface area contributed by atoms with Crippen LogP contribution in [0.25, 0.3) is 0 Å². The number of phenols is 1. The van der Waals surface area contributed by atoms with Gasteiger partial charge >= 0.3 is 0 Å². The van der Waals surface area contributed by atoms with Gasteiger partial charge in [-0.25, -0.2) is 4.39 Å². The number of hydrogen-bond donors (Lipinski definition) is 3. The topological polar surface area (TPSA) is 81.0 Å². The molecule has 2 atom stereocenters. The highest BCUT2D eigenvalue weighted by molar-refractivity contribution is 6.32. The molecule has 1 aliphatic rings. The summed E-state index contributed by atoms with van der Waals surface area (Å²) < 4.78 is 13.2. The molecule has 2 aromatic carbocycles. The van der Waals surface area contributed by atoms with Gasteiger partial charge in [-0.1, -0.05) is 29.8 Å². The predicted octanol–water partition coefficient (Wildman–Crippen LogP) is 2.54. The van der Waals surface area contributed by atoms with E-state index < -0.39 is 11.5 Å². The number of nitrogens with zero attached hydrogens (tertiary/aromatic N) is 1. The molecule has 0 aromatic heterocycles. The van der Waals surface area contributed by atoms with Crippen molar-refractivity contribution in [2.45, 2.75) is 25.4 Å². The lowest BCUT2D eigenvalue weighted by Gasteiger charge is -2.45. The molecule has 0 bridgehead atoms. The first-order valence-corrected chi connectivity index (χ1v) is 9.49. The number of phenolic OH excluding ortho intramolecular Hbond substituents is 1. The fourth-order valence-electron chi connectivity index (χ4n) is 3.70. The maximum absolute atomic E-state index is 13.2. The maximum atomic E-state index is 13.2. The van der Waals surface area contributed by atoms with Gasteiger partial charge in [0.1, 0.15) is 11.6 Å². The third-order valence-electron chi connectivity index (χ3n) is 5.39. The molecule has 0 radical (unpaired) electrons. The van der Waals surface area contributed by atoms with Crippen LogP contribution in [0, 0.1) is 11.2 Å². The van der Waals surface area contributed by atoms with Crippen molar-refractivity contribution in [2.24, 2.45) is 5.41 Å². The normalized spacial score (nSPS) is 22.3. The van der Waals surface area contributed by atoms with Crippen molar-refractivity contribution in [3.8, 4) is 5.75 Å². The Morgan fingerprint density at radius 1 is 1.21 bits per heavy atom. The minimum absolute atomic E-state index is 0.0439. The first kappa shape index (κ1) is 20.6. The molecule has 1 fully saturated rings. The molecule has 1 heterocycles.